The maximum Gasteiger partial charge on any atom is 0.147 e. The number of nitrogens with zero attached hydrogens (tertiary/aromatic N) is 2. The van der Waals surface area contributed by atoms with E-state index in [1.807, 2.05) is 18.4 Å². The normalized spacial score (nSPS) is 9.20. The fourth-order valence-corrected chi connectivity index (χ4v) is 0.931. The number of hydrogen-bond donors (Lipinski definition) is 0. The Kier molecular flexibility index (Phi) is 2.35. The van der Waals surface area contributed by atoms with Crippen molar-refractivity contribution < 1.29 is 4.52 Å². The van der Waals surface area contributed by atoms with Crippen LogP contribution in [0.15, 0.2) is 10.6 Å². The Hall–Kier alpha value is -0.950. The van der Waals surface area contributed by atoms with Gasteiger partial charge in [-0.2, -0.15) is 5.26 Å². The molecule has 4 heteroatoms. The van der Waals surface area contributed by atoms with Gasteiger partial charge >= 0.3 is 0 Å². The molecule has 1 heterocycles. The third kappa shape index (κ3) is 1.78. The number of aromatic nitrogens is 1. The van der Waals surface area contributed by atoms with Crippen molar-refractivity contribution >= 4 is 11.8 Å². The molecule has 1 rings (SSSR count). The van der Waals surface area contributed by atoms with E-state index in [1.54, 1.807) is 0 Å². The highest BCUT2D eigenvalue weighted by Gasteiger charge is 1.98. The second kappa shape index (κ2) is 3.28. The first kappa shape index (κ1) is 7.16. The van der Waals surface area contributed by atoms with E-state index in [1.165, 1.54) is 0 Å². The number of hydrogen-bond acceptors (Lipinski definition) is 4. The van der Waals surface area contributed by atoms with Gasteiger partial charge in [0.2, 0.25) is 0 Å². The van der Waals surface area contributed by atoms with Gasteiger partial charge in [-0.25, -0.2) is 0 Å². The largest absolute Gasteiger partial charge is 0.360 e. The fourth-order valence-electron chi connectivity index (χ4n) is 0.588. The zero-order chi connectivity index (χ0) is 7.40. The lowest BCUT2D eigenvalue weighted by Crippen LogP contribution is -1.69. The summed E-state index contributed by atoms with van der Waals surface area (Å²) in [4.78, 5) is 0. The van der Waals surface area contributed by atoms with Crippen LogP contribution in [-0.4, -0.2) is 5.16 Å². The molecule has 0 atom stereocenters. The van der Waals surface area contributed by atoms with Crippen LogP contribution in [0.3, 0.4) is 0 Å². The van der Waals surface area contributed by atoms with Crippen LogP contribution in [0.4, 0.5) is 0 Å². The van der Waals surface area contributed by atoms with Crippen LogP contribution < -0.4 is 0 Å². The van der Waals surface area contributed by atoms with Gasteiger partial charge in [0.15, 0.2) is 0 Å². The topological polar surface area (TPSA) is 49.8 Å². The number of thioether (sulfide) groups is 1. The SMILES string of the molecule is Cc1cc(CSC#N)on1. The maximum atomic E-state index is 8.19. The van der Waals surface area contributed by atoms with Gasteiger partial charge in [-0.15, -0.1) is 0 Å². The molecule has 1 aromatic heterocycles. The predicted octanol–water partition coefficient (Wildman–Crippen LogP) is 1.70. The highest BCUT2D eigenvalue weighted by molar-refractivity contribution is 8.02. The first-order valence-corrected chi connectivity index (χ1v) is 3.74. The zero-order valence-corrected chi connectivity index (χ0v) is 6.31. The lowest BCUT2D eigenvalue weighted by atomic mass is 10.4. The van der Waals surface area contributed by atoms with Crippen molar-refractivity contribution in [3.8, 4) is 5.40 Å². The smallest absolute Gasteiger partial charge is 0.147 e. The Morgan fingerprint density at radius 3 is 3.20 bits per heavy atom. The molecule has 0 amide bonds. The summed E-state index contributed by atoms with van der Waals surface area (Å²) in [6, 6.07) is 1.82. The van der Waals surface area contributed by atoms with E-state index in [0.717, 1.165) is 23.2 Å². The van der Waals surface area contributed by atoms with Crippen molar-refractivity contribution in [2.24, 2.45) is 0 Å². The number of thiocyanates is 1. The molecule has 1 aromatic rings. The molecule has 0 saturated carbocycles. The average Bonchev–Trinajstić information content (AvgIpc) is 2.31. The summed E-state index contributed by atoms with van der Waals surface area (Å²) in [6.07, 6.45) is 0. The molecular weight excluding hydrogens is 148 g/mol. The summed E-state index contributed by atoms with van der Waals surface area (Å²) in [5, 5.41) is 13.8. The maximum absolute atomic E-state index is 8.19. The summed E-state index contributed by atoms with van der Waals surface area (Å²) in [7, 11) is 0. The molecule has 0 aliphatic heterocycles. The molecule has 0 radical (unpaired) electrons. The predicted molar refractivity (Wildman–Crippen MR) is 38.1 cm³/mol. The van der Waals surface area contributed by atoms with Crippen LogP contribution in [-0.2, 0) is 5.75 Å². The highest BCUT2D eigenvalue weighted by Crippen LogP contribution is 2.10. The van der Waals surface area contributed by atoms with Gasteiger partial charge in [-0.1, -0.05) is 5.16 Å². The van der Waals surface area contributed by atoms with Crippen LogP contribution in [0.2, 0.25) is 0 Å². The monoisotopic (exact) mass is 154 g/mol. The minimum atomic E-state index is 0.581. The summed E-state index contributed by atoms with van der Waals surface area (Å²) in [5.41, 5.74) is 0.855. The first-order valence-electron chi connectivity index (χ1n) is 2.76. The Morgan fingerprint density at radius 2 is 2.70 bits per heavy atom. The molecule has 0 fully saturated rings. The Morgan fingerprint density at radius 1 is 1.90 bits per heavy atom. The molecule has 10 heavy (non-hydrogen) atoms. The molecule has 0 aromatic carbocycles. The molecule has 0 aliphatic rings. The fraction of sp³-hybridized carbons (Fsp3) is 0.333. The number of nitriles is 1. The Bertz CT molecular complexity index is 250. The lowest BCUT2D eigenvalue weighted by Gasteiger charge is -1.81. The minimum absolute atomic E-state index is 0.581. The van der Waals surface area contributed by atoms with E-state index in [-0.39, 0.29) is 0 Å². The van der Waals surface area contributed by atoms with Gasteiger partial charge in [0, 0.05) is 6.07 Å². The molecule has 52 valence electrons. The molecule has 0 spiro atoms. The summed E-state index contributed by atoms with van der Waals surface area (Å²) >= 11 is 1.15. The van der Waals surface area contributed by atoms with Crippen molar-refractivity contribution in [2.75, 3.05) is 0 Å². The summed E-state index contributed by atoms with van der Waals surface area (Å²) in [6.45, 7) is 1.85. The second-order valence-corrected chi connectivity index (χ2v) is 2.57. The van der Waals surface area contributed by atoms with Crippen molar-refractivity contribution in [2.45, 2.75) is 12.7 Å². The van der Waals surface area contributed by atoms with Crippen molar-refractivity contribution in [1.29, 1.82) is 5.26 Å². The second-order valence-electron chi connectivity index (χ2n) is 1.81. The first-order chi connectivity index (χ1) is 4.83. The van der Waals surface area contributed by atoms with Crippen LogP contribution in [0.1, 0.15) is 11.5 Å². The standard InChI is InChI=1S/C6H6N2OS/c1-5-2-6(9-8-5)3-10-4-7/h2H,3H2,1H3. The van der Waals surface area contributed by atoms with E-state index in [0.29, 0.717) is 5.75 Å². The van der Waals surface area contributed by atoms with Crippen molar-refractivity contribution in [1.82, 2.24) is 5.16 Å². The van der Waals surface area contributed by atoms with Crippen molar-refractivity contribution in [3.05, 3.63) is 17.5 Å². The van der Waals surface area contributed by atoms with Crippen LogP contribution in [0, 0.1) is 17.6 Å². The molecule has 0 saturated heterocycles. The average molecular weight is 154 g/mol. The van der Waals surface area contributed by atoms with Gasteiger partial charge in [0.25, 0.3) is 0 Å². The summed E-state index contributed by atoms with van der Waals surface area (Å²) in [5.74, 6) is 1.33. The number of aryl methyl sites for hydroxylation is 1. The number of rotatable bonds is 2. The zero-order valence-electron chi connectivity index (χ0n) is 5.50. The quantitative estimate of drug-likeness (QED) is 0.608. The lowest BCUT2D eigenvalue weighted by molar-refractivity contribution is 0.391. The molecule has 3 nitrogen and oxygen atoms in total. The minimum Gasteiger partial charge on any atom is -0.360 e. The molecule has 0 unspecified atom stereocenters. The van der Waals surface area contributed by atoms with Gasteiger partial charge in [0.05, 0.1) is 11.4 Å². The summed E-state index contributed by atoms with van der Waals surface area (Å²) < 4.78 is 4.84. The van der Waals surface area contributed by atoms with Crippen LogP contribution in [0.25, 0.3) is 0 Å². The van der Waals surface area contributed by atoms with Gasteiger partial charge < -0.3 is 4.52 Å². The Labute approximate surface area is 63.0 Å². The third-order valence-electron chi connectivity index (χ3n) is 0.956. The van der Waals surface area contributed by atoms with Gasteiger partial charge in [-0.05, 0) is 18.7 Å². The van der Waals surface area contributed by atoms with Crippen LogP contribution in [0.5, 0.6) is 0 Å². The molecular formula is C6H6N2OS. The molecule has 0 bridgehead atoms. The van der Waals surface area contributed by atoms with E-state index < -0.39 is 0 Å². The van der Waals surface area contributed by atoms with Crippen LogP contribution >= 0.6 is 11.8 Å². The van der Waals surface area contributed by atoms with Crippen molar-refractivity contribution in [3.63, 3.8) is 0 Å². The van der Waals surface area contributed by atoms with E-state index >= 15 is 0 Å². The van der Waals surface area contributed by atoms with E-state index in [2.05, 4.69) is 5.16 Å². The van der Waals surface area contributed by atoms with Gasteiger partial charge in [-0.3, -0.25) is 0 Å². The molecule has 0 N–H and O–H groups in total. The van der Waals surface area contributed by atoms with E-state index in [4.69, 9.17) is 9.78 Å². The van der Waals surface area contributed by atoms with Gasteiger partial charge in [0.1, 0.15) is 11.2 Å². The highest BCUT2D eigenvalue weighted by atomic mass is 32.2. The van der Waals surface area contributed by atoms with E-state index in [9.17, 15) is 0 Å². The third-order valence-corrected chi connectivity index (χ3v) is 1.51. The molecule has 0 aliphatic carbocycles. The Balaban J connectivity index is 2.52.